The number of nitrogens with zero attached hydrogens (tertiary/aromatic N) is 3. The minimum absolute atomic E-state index is 0.00407. The second kappa shape index (κ2) is 7.57. The summed E-state index contributed by atoms with van der Waals surface area (Å²) in [5.41, 5.74) is 0.730. The smallest absolute Gasteiger partial charge is 0.317 e. The van der Waals surface area contributed by atoms with Gasteiger partial charge in [-0.3, -0.25) is 14.5 Å². The Hall–Kier alpha value is -2.87. The highest BCUT2D eigenvalue weighted by atomic mass is 16.4. The van der Waals surface area contributed by atoms with Gasteiger partial charge in [0.2, 0.25) is 0 Å². The van der Waals surface area contributed by atoms with E-state index in [4.69, 9.17) is 5.11 Å². The summed E-state index contributed by atoms with van der Waals surface area (Å²) in [6, 6.07) is 9.32. The minimum atomic E-state index is -0.851. The lowest BCUT2D eigenvalue weighted by Crippen LogP contribution is -2.54. The van der Waals surface area contributed by atoms with E-state index in [1.807, 2.05) is 42.2 Å². The molecule has 1 aromatic carbocycles. The molecular formula is C18H22N4O4. The van der Waals surface area contributed by atoms with E-state index in [-0.39, 0.29) is 30.1 Å². The number of carbonyl (C=O) groups excluding carboxylic acids is 1. The van der Waals surface area contributed by atoms with Crippen LogP contribution in [0.2, 0.25) is 0 Å². The van der Waals surface area contributed by atoms with Crippen molar-refractivity contribution < 1.29 is 19.8 Å². The molecular weight excluding hydrogens is 336 g/mol. The number of likely N-dealkylation sites (N-methyl/N-ethyl adjacent to an activating group) is 1. The van der Waals surface area contributed by atoms with E-state index in [0.717, 1.165) is 5.69 Å². The van der Waals surface area contributed by atoms with Gasteiger partial charge in [0.05, 0.1) is 18.4 Å². The van der Waals surface area contributed by atoms with Crippen LogP contribution in [0.1, 0.15) is 30.3 Å². The first-order chi connectivity index (χ1) is 12.5. The quantitative estimate of drug-likeness (QED) is 0.687. The van der Waals surface area contributed by atoms with Gasteiger partial charge in [-0.25, -0.2) is 4.68 Å². The lowest BCUT2D eigenvalue weighted by atomic mass is 9.85. The minimum Gasteiger partial charge on any atom is -0.504 e. The molecule has 1 saturated carbocycles. The SMILES string of the molecule is CCN(CC(=O)O)C1CC(NC(=O)c2nn(-c3ccccc3)cc2O)C1. The fourth-order valence-corrected chi connectivity index (χ4v) is 3.17. The van der Waals surface area contributed by atoms with Crippen molar-refractivity contribution >= 4 is 11.9 Å². The van der Waals surface area contributed by atoms with Gasteiger partial charge in [0, 0.05) is 12.1 Å². The van der Waals surface area contributed by atoms with Gasteiger partial charge >= 0.3 is 5.97 Å². The van der Waals surface area contributed by atoms with Gasteiger partial charge in [-0.1, -0.05) is 25.1 Å². The van der Waals surface area contributed by atoms with Crippen LogP contribution in [0.25, 0.3) is 5.69 Å². The Kier molecular flexibility index (Phi) is 5.22. The Balaban J connectivity index is 1.58. The Morgan fingerprint density at radius 2 is 2.00 bits per heavy atom. The molecule has 0 spiro atoms. The Bertz CT molecular complexity index is 784. The van der Waals surface area contributed by atoms with Crippen molar-refractivity contribution in [3.05, 3.63) is 42.2 Å². The van der Waals surface area contributed by atoms with Gasteiger partial charge in [0.25, 0.3) is 5.91 Å². The van der Waals surface area contributed by atoms with Crippen LogP contribution in [0.3, 0.4) is 0 Å². The monoisotopic (exact) mass is 358 g/mol. The van der Waals surface area contributed by atoms with Crippen LogP contribution < -0.4 is 5.32 Å². The van der Waals surface area contributed by atoms with Crippen molar-refractivity contribution in [1.82, 2.24) is 20.0 Å². The molecule has 0 saturated heterocycles. The number of hydrogen-bond acceptors (Lipinski definition) is 5. The van der Waals surface area contributed by atoms with Crippen LogP contribution in [0.4, 0.5) is 0 Å². The van der Waals surface area contributed by atoms with Gasteiger partial charge in [0.1, 0.15) is 0 Å². The molecule has 8 nitrogen and oxygen atoms in total. The summed E-state index contributed by atoms with van der Waals surface area (Å²) in [7, 11) is 0. The summed E-state index contributed by atoms with van der Waals surface area (Å²) in [5, 5.41) is 26.0. The normalized spacial score (nSPS) is 19.2. The first-order valence-corrected chi connectivity index (χ1v) is 8.58. The molecule has 26 heavy (non-hydrogen) atoms. The van der Waals surface area contributed by atoms with Crippen LogP contribution in [0, 0.1) is 0 Å². The molecule has 1 aromatic heterocycles. The van der Waals surface area contributed by atoms with Gasteiger partial charge in [-0.2, -0.15) is 5.10 Å². The van der Waals surface area contributed by atoms with Crippen molar-refractivity contribution in [2.45, 2.75) is 31.8 Å². The maximum Gasteiger partial charge on any atom is 0.317 e. The van der Waals surface area contributed by atoms with E-state index in [9.17, 15) is 14.7 Å². The van der Waals surface area contributed by atoms with Gasteiger partial charge < -0.3 is 15.5 Å². The molecule has 138 valence electrons. The molecule has 1 amide bonds. The highest BCUT2D eigenvalue weighted by molar-refractivity contribution is 5.95. The number of benzene rings is 1. The number of aromatic hydroxyl groups is 1. The topological polar surface area (TPSA) is 108 Å². The van der Waals surface area contributed by atoms with Crippen molar-refractivity contribution in [3.63, 3.8) is 0 Å². The molecule has 3 rings (SSSR count). The van der Waals surface area contributed by atoms with E-state index < -0.39 is 11.9 Å². The molecule has 1 aliphatic carbocycles. The standard InChI is InChI=1S/C18H22N4O4/c1-2-21(11-16(24)25)14-8-12(9-14)19-18(26)17-15(23)10-22(20-17)13-6-4-3-5-7-13/h3-7,10,12,14,23H,2,8-9,11H2,1H3,(H,19,26)(H,24,25). The van der Waals surface area contributed by atoms with E-state index in [0.29, 0.717) is 19.4 Å². The fourth-order valence-electron chi connectivity index (χ4n) is 3.17. The summed E-state index contributed by atoms with van der Waals surface area (Å²) in [6.07, 6.45) is 2.78. The number of aromatic nitrogens is 2. The third kappa shape index (κ3) is 3.85. The maximum absolute atomic E-state index is 12.4. The lowest BCUT2D eigenvalue weighted by Gasteiger charge is -2.42. The summed E-state index contributed by atoms with van der Waals surface area (Å²) in [4.78, 5) is 25.1. The molecule has 0 aliphatic heterocycles. The third-order valence-corrected chi connectivity index (χ3v) is 4.64. The fraction of sp³-hybridized carbons (Fsp3) is 0.389. The van der Waals surface area contributed by atoms with Gasteiger partial charge in [-0.05, 0) is 31.5 Å². The highest BCUT2D eigenvalue weighted by Gasteiger charge is 2.35. The second-order valence-corrected chi connectivity index (χ2v) is 6.40. The molecule has 2 aromatic rings. The number of carboxylic acid groups (broad SMARTS) is 1. The zero-order valence-corrected chi connectivity index (χ0v) is 14.5. The van der Waals surface area contributed by atoms with Crippen LogP contribution in [0.5, 0.6) is 5.75 Å². The van der Waals surface area contributed by atoms with Crippen LogP contribution in [-0.4, -0.2) is 61.9 Å². The number of carbonyl (C=O) groups is 2. The first-order valence-electron chi connectivity index (χ1n) is 8.58. The predicted octanol–water partition coefficient (Wildman–Crippen LogP) is 1.25. The highest BCUT2D eigenvalue weighted by Crippen LogP contribution is 2.26. The summed E-state index contributed by atoms with van der Waals surface area (Å²) < 4.78 is 1.46. The maximum atomic E-state index is 12.4. The summed E-state index contributed by atoms with van der Waals surface area (Å²) in [6.45, 7) is 2.58. The number of nitrogens with one attached hydrogen (secondary N) is 1. The molecule has 1 heterocycles. The Morgan fingerprint density at radius 1 is 1.31 bits per heavy atom. The average molecular weight is 358 g/mol. The van der Waals surface area contributed by atoms with Crippen molar-refractivity contribution in [1.29, 1.82) is 0 Å². The Morgan fingerprint density at radius 3 is 2.62 bits per heavy atom. The molecule has 0 bridgehead atoms. The molecule has 3 N–H and O–H groups in total. The van der Waals surface area contributed by atoms with E-state index >= 15 is 0 Å². The zero-order chi connectivity index (χ0) is 18.7. The van der Waals surface area contributed by atoms with E-state index in [2.05, 4.69) is 10.4 Å². The summed E-state index contributed by atoms with van der Waals surface area (Å²) in [5.74, 6) is -1.46. The van der Waals surface area contributed by atoms with Crippen LogP contribution >= 0.6 is 0 Å². The van der Waals surface area contributed by atoms with E-state index in [1.165, 1.54) is 10.9 Å². The largest absolute Gasteiger partial charge is 0.504 e. The number of rotatable bonds is 7. The molecule has 0 unspecified atom stereocenters. The molecule has 0 atom stereocenters. The van der Waals surface area contributed by atoms with Gasteiger partial charge in [-0.15, -0.1) is 0 Å². The van der Waals surface area contributed by atoms with Crippen molar-refractivity contribution in [2.24, 2.45) is 0 Å². The number of para-hydroxylation sites is 1. The predicted molar refractivity (Wildman–Crippen MR) is 94.4 cm³/mol. The second-order valence-electron chi connectivity index (χ2n) is 6.40. The average Bonchev–Trinajstić information content (AvgIpc) is 2.98. The molecule has 1 fully saturated rings. The van der Waals surface area contributed by atoms with Gasteiger partial charge in [0.15, 0.2) is 11.4 Å². The zero-order valence-electron chi connectivity index (χ0n) is 14.5. The lowest BCUT2D eigenvalue weighted by molar-refractivity contribution is -0.139. The molecule has 1 aliphatic rings. The number of carboxylic acids is 1. The number of amides is 1. The number of hydrogen-bond donors (Lipinski definition) is 3. The summed E-state index contributed by atoms with van der Waals surface area (Å²) >= 11 is 0. The van der Waals surface area contributed by atoms with Crippen LogP contribution in [0.15, 0.2) is 36.5 Å². The third-order valence-electron chi connectivity index (χ3n) is 4.64. The molecule has 8 heteroatoms. The van der Waals surface area contributed by atoms with Crippen molar-refractivity contribution in [3.8, 4) is 11.4 Å². The molecule has 0 radical (unpaired) electrons. The Labute approximate surface area is 151 Å². The van der Waals surface area contributed by atoms with E-state index in [1.54, 1.807) is 0 Å². The van der Waals surface area contributed by atoms with Crippen molar-refractivity contribution in [2.75, 3.05) is 13.1 Å². The number of aliphatic carboxylic acids is 1. The van der Waals surface area contributed by atoms with Crippen LogP contribution in [-0.2, 0) is 4.79 Å². The first kappa shape index (κ1) is 17.9.